The predicted molar refractivity (Wildman–Crippen MR) is 78.4 cm³/mol. The van der Waals surface area contributed by atoms with Crippen LogP contribution in [0.25, 0.3) is 0 Å². The molecule has 4 nitrogen and oxygen atoms in total. The number of anilines is 1. The Hall–Kier alpha value is -1.55. The van der Waals surface area contributed by atoms with Gasteiger partial charge >= 0.3 is 0 Å². The molecule has 0 saturated carbocycles. The first kappa shape index (κ1) is 15.5. The Morgan fingerprint density at radius 3 is 2.32 bits per heavy atom. The Labute approximate surface area is 115 Å². The molecule has 0 heterocycles. The molecule has 0 bridgehead atoms. The summed E-state index contributed by atoms with van der Waals surface area (Å²) < 4.78 is 0. The lowest BCUT2D eigenvalue weighted by Gasteiger charge is -2.38. The summed E-state index contributed by atoms with van der Waals surface area (Å²) >= 11 is 0. The number of nitrogens with one attached hydrogen (secondary N) is 2. The quantitative estimate of drug-likeness (QED) is 0.765. The number of para-hydroxylation sites is 1. The van der Waals surface area contributed by atoms with Crippen LogP contribution in [0.1, 0.15) is 45.0 Å². The van der Waals surface area contributed by atoms with Crippen molar-refractivity contribution >= 4 is 11.6 Å². The number of carbonyl (C=O) groups excluding carboxylic acids is 1. The zero-order valence-electron chi connectivity index (χ0n) is 12.4. The molecule has 0 saturated heterocycles. The Kier molecular flexibility index (Phi) is 4.58. The van der Waals surface area contributed by atoms with Gasteiger partial charge in [0.1, 0.15) is 0 Å². The summed E-state index contributed by atoms with van der Waals surface area (Å²) in [5.41, 5.74) is -0.338. The monoisotopic (exact) mass is 264 g/mol. The normalized spacial score (nSPS) is 12.1. The van der Waals surface area contributed by atoms with Crippen LogP contribution in [0.2, 0.25) is 0 Å². The van der Waals surface area contributed by atoms with Crippen molar-refractivity contribution in [1.29, 1.82) is 0 Å². The largest absolute Gasteiger partial charge is 0.388 e. The zero-order valence-corrected chi connectivity index (χ0v) is 12.4. The fourth-order valence-corrected chi connectivity index (χ4v) is 1.53. The number of hydrogen-bond donors (Lipinski definition) is 3. The van der Waals surface area contributed by atoms with Gasteiger partial charge in [0.05, 0.1) is 16.7 Å². The van der Waals surface area contributed by atoms with Crippen LogP contribution in [0.3, 0.4) is 0 Å². The third kappa shape index (κ3) is 3.70. The van der Waals surface area contributed by atoms with Gasteiger partial charge in [-0.2, -0.15) is 0 Å². The van der Waals surface area contributed by atoms with Crippen molar-refractivity contribution in [3.63, 3.8) is 0 Å². The van der Waals surface area contributed by atoms with E-state index in [-0.39, 0.29) is 5.91 Å². The van der Waals surface area contributed by atoms with Gasteiger partial charge in [-0.15, -0.1) is 0 Å². The average molecular weight is 264 g/mol. The molecule has 3 N–H and O–H groups in total. The van der Waals surface area contributed by atoms with E-state index < -0.39 is 11.1 Å². The molecule has 0 unspecified atom stereocenters. The van der Waals surface area contributed by atoms with Gasteiger partial charge in [-0.05, 0) is 46.8 Å². The van der Waals surface area contributed by atoms with Gasteiger partial charge in [-0.1, -0.05) is 12.1 Å². The standard InChI is InChI=1S/C15H24N2O2/c1-6-16-12-10-8-7-9-11(12)13(18)17-14(2,3)15(4,5)19/h7-10,16,19H,6H2,1-5H3,(H,17,18). The van der Waals surface area contributed by atoms with Crippen molar-refractivity contribution in [1.82, 2.24) is 5.32 Å². The first-order chi connectivity index (χ1) is 8.69. The maximum Gasteiger partial charge on any atom is 0.253 e. The van der Waals surface area contributed by atoms with Gasteiger partial charge in [0.15, 0.2) is 0 Å². The number of hydrogen-bond acceptors (Lipinski definition) is 3. The van der Waals surface area contributed by atoms with E-state index in [1.165, 1.54) is 0 Å². The molecule has 0 aliphatic carbocycles. The Balaban J connectivity index is 2.96. The second kappa shape index (κ2) is 5.61. The van der Waals surface area contributed by atoms with Crippen molar-refractivity contribution in [3.8, 4) is 0 Å². The van der Waals surface area contributed by atoms with Crippen molar-refractivity contribution in [2.45, 2.75) is 45.8 Å². The third-order valence-corrected chi connectivity index (χ3v) is 3.49. The van der Waals surface area contributed by atoms with E-state index in [2.05, 4.69) is 10.6 Å². The molecule has 0 aliphatic rings. The van der Waals surface area contributed by atoms with Crippen molar-refractivity contribution in [2.75, 3.05) is 11.9 Å². The number of rotatable bonds is 5. The fraction of sp³-hybridized carbons (Fsp3) is 0.533. The molecule has 1 amide bonds. The van der Waals surface area contributed by atoms with Crippen molar-refractivity contribution < 1.29 is 9.90 Å². The van der Waals surface area contributed by atoms with Crippen LogP contribution in [-0.4, -0.2) is 28.7 Å². The summed E-state index contributed by atoms with van der Waals surface area (Å²) in [6.45, 7) is 9.71. The Bertz CT molecular complexity index is 448. The highest BCUT2D eigenvalue weighted by atomic mass is 16.3. The van der Waals surface area contributed by atoms with Gasteiger partial charge < -0.3 is 15.7 Å². The van der Waals surface area contributed by atoms with Gasteiger partial charge in [-0.25, -0.2) is 0 Å². The molecule has 0 fully saturated rings. The average Bonchev–Trinajstić information content (AvgIpc) is 2.28. The SMILES string of the molecule is CCNc1ccccc1C(=O)NC(C)(C)C(C)(C)O. The van der Waals surface area contributed by atoms with Crippen molar-refractivity contribution in [2.24, 2.45) is 0 Å². The molecule has 0 aliphatic heterocycles. The number of aliphatic hydroxyl groups is 1. The highest BCUT2D eigenvalue weighted by Crippen LogP contribution is 2.22. The smallest absolute Gasteiger partial charge is 0.253 e. The highest BCUT2D eigenvalue weighted by molar-refractivity contribution is 6.00. The van der Waals surface area contributed by atoms with E-state index in [1.807, 2.05) is 25.1 Å². The van der Waals surface area contributed by atoms with Crippen LogP contribution in [0.4, 0.5) is 5.69 Å². The Morgan fingerprint density at radius 1 is 1.21 bits per heavy atom. The summed E-state index contributed by atoms with van der Waals surface area (Å²) in [5.74, 6) is -0.191. The highest BCUT2D eigenvalue weighted by Gasteiger charge is 2.36. The number of benzene rings is 1. The molecule has 0 aromatic heterocycles. The lowest BCUT2D eigenvalue weighted by atomic mass is 9.85. The summed E-state index contributed by atoms with van der Waals surface area (Å²) in [4.78, 5) is 12.3. The molecule has 19 heavy (non-hydrogen) atoms. The maximum absolute atomic E-state index is 12.3. The Morgan fingerprint density at radius 2 is 1.79 bits per heavy atom. The second-order valence-electron chi connectivity index (χ2n) is 5.71. The molecule has 106 valence electrons. The molecular formula is C15H24N2O2. The second-order valence-corrected chi connectivity index (χ2v) is 5.71. The van der Waals surface area contributed by atoms with E-state index in [1.54, 1.807) is 33.8 Å². The van der Waals surface area contributed by atoms with Crippen LogP contribution < -0.4 is 10.6 Å². The van der Waals surface area contributed by atoms with E-state index in [0.29, 0.717) is 5.56 Å². The van der Waals surface area contributed by atoms with Crippen molar-refractivity contribution in [3.05, 3.63) is 29.8 Å². The third-order valence-electron chi connectivity index (χ3n) is 3.49. The van der Waals surface area contributed by atoms with Gasteiger partial charge in [-0.3, -0.25) is 4.79 Å². The molecule has 4 heteroatoms. The van der Waals surface area contributed by atoms with E-state index in [9.17, 15) is 9.90 Å². The minimum absolute atomic E-state index is 0.191. The first-order valence-corrected chi connectivity index (χ1v) is 6.57. The van der Waals surface area contributed by atoms with E-state index in [0.717, 1.165) is 12.2 Å². The lowest BCUT2D eigenvalue weighted by Crippen LogP contribution is -2.57. The number of carbonyl (C=O) groups is 1. The predicted octanol–water partition coefficient (Wildman–Crippen LogP) is 2.40. The van der Waals surface area contributed by atoms with E-state index >= 15 is 0 Å². The summed E-state index contributed by atoms with van der Waals surface area (Å²) in [5, 5.41) is 16.1. The molecule has 1 rings (SSSR count). The topological polar surface area (TPSA) is 61.4 Å². The molecular weight excluding hydrogens is 240 g/mol. The van der Waals surface area contributed by atoms with Crippen LogP contribution in [0.15, 0.2) is 24.3 Å². The maximum atomic E-state index is 12.3. The van der Waals surface area contributed by atoms with Gasteiger partial charge in [0, 0.05) is 12.2 Å². The van der Waals surface area contributed by atoms with Gasteiger partial charge in [0.2, 0.25) is 0 Å². The van der Waals surface area contributed by atoms with Crippen LogP contribution in [0.5, 0.6) is 0 Å². The lowest BCUT2D eigenvalue weighted by molar-refractivity contribution is -0.00291. The molecule has 1 aromatic rings. The zero-order chi connectivity index (χ0) is 14.7. The molecule has 0 spiro atoms. The first-order valence-electron chi connectivity index (χ1n) is 6.57. The minimum Gasteiger partial charge on any atom is -0.388 e. The van der Waals surface area contributed by atoms with Gasteiger partial charge in [0.25, 0.3) is 5.91 Å². The summed E-state index contributed by atoms with van der Waals surface area (Å²) in [6.07, 6.45) is 0. The number of amides is 1. The fourth-order valence-electron chi connectivity index (χ4n) is 1.53. The molecule has 1 aromatic carbocycles. The van der Waals surface area contributed by atoms with Crippen LogP contribution in [-0.2, 0) is 0 Å². The minimum atomic E-state index is -1.00. The van der Waals surface area contributed by atoms with Crippen LogP contribution in [0, 0.1) is 0 Å². The molecule has 0 radical (unpaired) electrons. The van der Waals surface area contributed by atoms with E-state index in [4.69, 9.17) is 0 Å². The molecule has 0 atom stereocenters. The summed E-state index contributed by atoms with van der Waals surface area (Å²) in [7, 11) is 0. The van der Waals surface area contributed by atoms with Crippen LogP contribution >= 0.6 is 0 Å². The summed E-state index contributed by atoms with van der Waals surface area (Å²) in [6, 6.07) is 7.35.